The van der Waals surface area contributed by atoms with Crippen LogP contribution in [0.4, 0.5) is 0 Å². The van der Waals surface area contributed by atoms with E-state index >= 15 is 0 Å². The van der Waals surface area contributed by atoms with E-state index in [4.69, 9.17) is 17.0 Å². The highest BCUT2D eigenvalue weighted by Crippen LogP contribution is 2.28. The van der Waals surface area contributed by atoms with Gasteiger partial charge in [0.05, 0.1) is 5.71 Å². The van der Waals surface area contributed by atoms with Gasteiger partial charge < -0.3 is 5.11 Å². The van der Waals surface area contributed by atoms with Gasteiger partial charge in [-0.15, -0.1) is 11.3 Å². The van der Waals surface area contributed by atoms with Crippen LogP contribution in [0.2, 0.25) is 5.02 Å². The van der Waals surface area contributed by atoms with Crippen molar-refractivity contribution in [2.75, 3.05) is 0 Å². The van der Waals surface area contributed by atoms with Crippen LogP contribution in [0, 0.1) is 12.3 Å². The average molecular weight is 369 g/mol. The Hall–Kier alpha value is -2.27. The maximum absolute atomic E-state index is 10.9. The third-order valence-corrected chi connectivity index (χ3v) is 4.92. The van der Waals surface area contributed by atoms with Crippen molar-refractivity contribution in [2.24, 2.45) is 0 Å². The first-order valence-electron chi connectivity index (χ1n) is 7.74. The third kappa shape index (κ3) is 4.23. The fraction of sp³-hybridized carbons (Fsp3) is 0.100. The van der Waals surface area contributed by atoms with E-state index in [2.05, 4.69) is 4.98 Å². The molecule has 0 saturated carbocycles. The first kappa shape index (κ1) is 17.5. The van der Waals surface area contributed by atoms with Crippen molar-refractivity contribution in [3.63, 3.8) is 0 Å². The lowest BCUT2D eigenvalue weighted by Crippen LogP contribution is -2.12. The van der Waals surface area contributed by atoms with Gasteiger partial charge in [-0.2, -0.15) is 0 Å². The van der Waals surface area contributed by atoms with Crippen LogP contribution < -0.4 is 0 Å². The second-order valence-corrected chi connectivity index (χ2v) is 7.21. The van der Waals surface area contributed by atoms with E-state index < -0.39 is 6.10 Å². The lowest BCUT2D eigenvalue weighted by molar-refractivity contribution is 0.222. The first-order valence-corrected chi connectivity index (χ1v) is 9.00. The van der Waals surface area contributed by atoms with Crippen molar-refractivity contribution in [2.45, 2.75) is 13.0 Å². The predicted molar refractivity (Wildman–Crippen MR) is 105 cm³/mol. The number of aliphatic hydroxyl groups excluding tert-OH is 1. The van der Waals surface area contributed by atoms with Crippen LogP contribution in [0.15, 0.2) is 65.8 Å². The van der Waals surface area contributed by atoms with Gasteiger partial charge in [0.25, 0.3) is 0 Å². The lowest BCUT2D eigenvalue weighted by Gasteiger charge is -2.17. The van der Waals surface area contributed by atoms with E-state index in [1.54, 1.807) is 60.1 Å². The molecule has 0 aliphatic rings. The largest absolute Gasteiger partial charge is 0.384 e. The number of rotatable bonds is 5. The Bertz CT molecular complexity index is 901. The summed E-state index contributed by atoms with van der Waals surface area (Å²) < 4.78 is 0. The molecule has 5 heteroatoms. The summed E-state index contributed by atoms with van der Waals surface area (Å²) in [6, 6.07) is 12.7. The van der Waals surface area contributed by atoms with Gasteiger partial charge in [0, 0.05) is 33.4 Å². The summed E-state index contributed by atoms with van der Waals surface area (Å²) in [6.45, 7) is 2.03. The van der Waals surface area contributed by atoms with Crippen LogP contribution in [-0.4, -0.2) is 15.8 Å². The standard InChI is InChI=1S/C20H17ClN2OS/c1-13-9-14(12-25-13)10-18(20(24)16-3-2-8-23-11-16)19(22)15-4-6-17(21)7-5-15/h2-12,20,22,24H,1H3. The highest BCUT2D eigenvalue weighted by molar-refractivity contribution is 7.10. The quantitative estimate of drug-likeness (QED) is 0.601. The van der Waals surface area contributed by atoms with Crippen LogP contribution in [-0.2, 0) is 0 Å². The second kappa shape index (κ2) is 7.74. The highest BCUT2D eigenvalue weighted by atomic mass is 35.5. The zero-order chi connectivity index (χ0) is 17.8. The maximum Gasteiger partial charge on any atom is 0.108 e. The van der Waals surface area contributed by atoms with E-state index in [9.17, 15) is 5.11 Å². The second-order valence-electron chi connectivity index (χ2n) is 5.66. The Morgan fingerprint density at radius 2 is 2.04 bits per heavy atom. The summed E-state index contributed by atoms with van der Waals surface area (Å²) in [5, 5.41) is 22.1. The summed E-state index contributed by atoms with van der Waals surface area (Å²) in [4.78, 5) is 5.25. The van der Waals surface area contributed by atoms with E-state index in [0.29, 0.717) is 21.7 Å². The predicted octanol–water partition coefficient (Wildman–Crippen LogP) is 5.29. The Balaban J connectivity index is 2.03. The van der Waals surface area contributed by atoms with Gasteiger partial charge in [-0.1, -0.05) is 29.8 Å². The molecule has 3 nitrogen and oxygen atoms in total. The molecule has 0 bridgehead atoms. The topological polar surface area (TPSA) is 57.0 Å². The number of thiophene rings is 1. The number of pyridine rings is 1. The minimum Gasteiger partial charge on any atom is -0.384 e. The molecule has 3 aromatic rings. The number of aromatic nitrogens is 1. The van der Waals surface area contributed by atoms with Crippen LogP contribution in [0.5, 0.6) is 0 Å². The maximum atomic E-state index is 10.9. The molecule has 0 radical (unpaired) electrons. The molecule has 1 atom stereocenters. The Morgan fingerprint density at radius 3 is 2.64 bits per heavy atom. The highest BCUT2D eigenvalue weighted by Gasteiger charge is 2.19. The molecule has 25 heavy (non-hydrogen) atoms. The van der Waals surface area contributed by atoms with Gasteiger partial charge in [-0.05, 0) is 53.8 Å². The van der Waals surface area contributed by atoms with E-state index in [1.165, 1.54) is 4.88 Å². The monoisotopic (exact) mass is 368 g/mol. The number of halogens is 1. The summed E-state index contributed by atoms with van der Waals surface area (Å²) >= 11 is 7.58. The SMILES string of the molecule is Cc1cc(C=C(C(=N)c2ccc(Cl)cc2)C(O)c2cccnc2)cs1. The summed E-state index contributed by atoms with van der Waals surface area (Å²) in [5.41, 5.74) is 3.11. The first-order chi connectivity index (χ1) is 12.0. The number of hydrogen-bond donors (Lipinski definition) is 2. The molecule has 0 fully saturated rings. The van der Waals surface area contributed by atoms with Crippen molar-refractivity contribution in [1.29, 1.82) is 5.41 Å². The van der Waals surface area contributed by atoms with Crippen LogP contribution in [0.3, 0.4) is 0 Å². The van der Waals surface area contributed by atoms with Crippen LogP contribution in [0.1, 0.15) is 27.7 Å². The summed E-state index contributed by atoms with van der Waals surface area (Å²) in [6.07, 6.45) is 4.20. The molecule has 0 aliphatic carbocycles. The molecular weight excluding hydrogens is 352 g/mol. The van der Waals surface area contributed by atoms with Gasteiger partial charge in [-0.25, -0.2) is 0 Å². The molecule has 0 saturated heterocycles. The van der Waals surface area contributed by atoms with Gasteiger partial charge in [0.2, 0.25) is 0 Å². The fourth-order valence-electron chi connectivity index (χ4n) is 2.51. The molecule has 2 N–H and O–H groups in total. The normalized spacial score (nSPS) is 12.8. The number of nitrogens with one attached hydrogen (secondary N) is 1. The van der Waals surface area contributed by atoms with E-state index in [-0.39, 0.29) is 5.71 Å². The smallest absolute Gasteiger partial charge is 0.108 e. The van der Waals surface area contributed by atoms with Crippen molar-refractivity contribution < 1.29 is 5.11 Å². The van der Waals surface area contributed by atoms with E-state index in [0.717, 1.165) is 5.56 Å². The number of benzene rings is 1. The zero-order valence-electron chi connectivity index (χ0n) is 13.6. The zero-order valence-corrected chi connectivity index (χ0v) is 15.2. The number of aliphatic hydroxyl groups is 1. The van der Waals surface area contributed by atoms with Gasteiger partial charge >= 0.3 is 0 Å². The molecule has 1 aromatic carbocycles. The third-order valence-electron chi connectivity index (χ3n) is 3.79. The molecule has 1 unspecified atom stereocenters. The molecular formula is C20H17ClN2OS. The summed E-state index contributed by atoms with van der Waals surface area (Å²) in [7, 11) is 0. The lowest BCUT2D eigenvalue weighted by atomic mass is 9.93. The molecule has 2 heterocycles. The van der Waals surface area contributed by atoms with Crippen molar-refractivity contribution in [1.82, 2.24) is 4.98 Å². The molecule has 0 amide bonds. The number of nitrogens with zero attached hydrogens (tertiary/aromatic N) is 1. The molecule has 3 rings (SSSR count). The number of hydrogen-bond acceptors (Lipinski definition) is 4. The Morgan fingerprint density at radius 1 is 1.28 bits per heavy atom. The molecule has 126 valence electrons. The summed E-state index contributed by atoms with van der Waals surface area (Å²) in [5.74, 6) is 0. The van der Waals surface area contributed by atoms with Crippen molar-refractivity contribution >= 4 is 34.7 Å². The van der Waals surface area contributed by atoms with Crippen LogP contribution >= 0.6 is 22.9 Å². The minimum absolute atomic E-state index is 0.261. The Kier molecular flexibility index (Phi) is 5.43. The van der Waals surface area contributed by atoms with Gasteiger partial charge in [0.1, 0.15) is 6.10 Å². The molecule has 0 spiro atoms. The number of aryl methyl sites for hydroxylation is 1. The average Bonchev–Trinajstić information content (AvgIpc) is 3.05. The van der Waals surface area contributed by atoms with Gasteiger partial charge in [0.15, 0.2) is 0 Å². The Labute approximate surface area is 155 Å². The fourth-order valence-corrected chi connectivity index (χ4v) is 3.30. The van der Waals surface area contributed by atoms with E-state index in [1.807, 2.05) is 24.4 Å². The molecule has 0 aliphatic heterocycles. The minimum atomic E-state index is -0.933. The van der Waals surface area contributed by atoms with Crippen LogP contribution in [0.25, 0.3) is 6.08 Å². The van der Waals surface area contributed by atoms with Crippen molar-refractivity contribution in [3.8, 4) is 0 Å². The molecule has 2 aromatic heterocycles. The van der Waals surface area contributed by atoms with Gasteiger partial charge in [-0.3, -0.25) is 10.4 Å². The van der Waals surface area contributed by atoms with Crippen molar-refractivity contribution in [3.05, 3.63) is 92.4 Å².